The number of benzene rings is 1. The topological polar surface area (TPSA) is 54.3 Å². The molecule has 0 saturated heterocycles. The molecule has 1 heterocycles. The molecule has 0 radical (unpaired) electrons. The number of anilines is 1. The van der Waals surface area contributed by atoms with E-state index in [9.17, 15) is 4.79 Å². The quantitative estimate of drug-likeness (QED) is 0.832. The Balaban J connectivity index is 0.00000192. The maximum Gasteiger partial charge on any atom is 0.227 e. The summed E-state index contributed by atoms with van der Waals surface area (Å²) < 4.78 is 5.55. The fourth-order valence-corrected chi connectivity index (χ4v) is 2.40. The van der Waals surface area contributed by atoms with Crippen molar-refractivity contribution >= 4 is 24.0 Å². The van der Waals surface area contributed by atoms with Crippen LogP contribution in [0.15, 0.2) is 40.8 Å². The van der Waals surface area contributed by atoms with Gasteiger partial charge in [0.05, 0.1) is 6.54 Å². The van der Waals surface area contributed by atoms with Gasteiger partial charge in [0.1, 0.15) is 11.5 Å². The van der Waals surface area contributed by atoms with Gasteiger partial charge in [-0.15, -0.1) is 12.4 Å². The van der Waals surface area contributed by atoms with Crippen LogP contribution < -0.4 is 10.6 Å². The predicted octanol–water partition coefficient (Wildman–Crippen LogP) is 4.21. The monoisotopic (exact) mass is 334 g/mol. The van der Waals surface area contributed by atoms with E-state index in [0.29, 0.717) is 6.54 Å². The lowest BCUT2D eigenvalue weighted by molar-refractivity contribution is -0.117. The first-order valence-electron chi connectivity index (χ1n) is 7.81. The highest BCUT2D eigenvalue weighted by Crippen LogP contribution is 2.30. The Hall–Kier alpha value is -1.78. The van der Waals surface area contributed by atoms with Crippen LogP contribution in [-0.4, -0.2) is 5.91 Å². The van der Waals surface area contributed by atoms with Crippen LogP contribution >= 0.6 is 12.4 Å². The second-order valence-electron chi connectivity index (χ2n) is 6.00. The molecule has 3 rings (SSSR count). The normalized spacial score (nSPS) is 14.9. The number of nitrogens with one attached hydrogen (secondary N) is 2. The Morgan fingerprint density at radius 1 is 1.22 bits per heavy atom. The van der Waals surface area contributed by atoms with Crippen molar-refractivity contribution in [1.82, 2.24) is 5.32 Å². The Morgan fingerprint density at radius 3 is 2.48 bits per heavy atom. The van der Waals surface area contributed by atoms with Crippen LogP contribution in [0, 0.1) is 12.8 Å². The van der Waals surface area contributed by atoms with Crippen molar-refractivity contribution in [1.29, 1.82) is 0 Å². The van der Waals surface area contributed by atoms with Crippen LogP contribution in [0.3, 0.4) is 0 Å². The van der Waals surface area contributed by atoms with Crippen molar-refractivity contribution in [3.05, 3.63) is 53.5 Å². The molecule has 0 spiro atoms. The van der Waals surface area contributed by atoms with Crippen LogP contribution in [0.2, 0.25) is 0 Å². The molecule has 1 atom stereocenters. The molecule has 1 unspecified atom stereocenters. The van der Waals surface area contributed by atoms with Crippen LogP contribution in [0.1, 0.15) is 42.9 Å². The lowest BCUT2D eigenvalue weighted by atomic mass is 10.1. The number of furan rings is 1. The van der Waals surface area contributed by atoms with E-state index in [-0.39, 0.29) is 30.3 Å². The summed E-state index contributed by atoms with van der Waals surface area (Å²) in [6.45, 7) is 4.77. The van der Waals surface area contributed by atoms with Crippen LogP contribution in [0.25, 0.3) is 0 Å². The first kappa shape index (κ1) is 17.6. The van der Waals surface area contributed by atoms with Gasteiger partial charge in [0.2, 0.25) is 5.91 Å². The van der Waals surface area contributed by atoms with Gasteiger partial charge in [-0.25, -0.2) is 0 Å². The number of rotatable bonds is 6. The molecule has 1 amide bonds. The van der Waals surface area contributed by atoms with E-state index < -0.39 is 0 Å². The summed E-state index contributed by atoms with van der Waals surface area (Å²) in [5.41, 5.74) is 2.06. The third-order valence-electron chi connectivity index (χ3n) is 4.00. The number of carbonyl (C=O) groups excluding carboxylic acids is 1. The summed E-state index contributed by atoms with van der Waals surface area (Å²) in [6.07, 6.45) is 2.05. The zero-order valence-electron chi connectivity index (χ0n) is 13.5. The zero-order chi connectivity index (χ0) is 15.5. The van der Waals surface area contributed by atoms with Gasteiger partial charge in [0.25, 0.3) is 0 Å². The van der Waals surface area contributed by atoms with Crippen molar-refractivity contribution in [3.63, 3.8) is 0 Å². The van der Waals surface area contributed by atoms with Crippen molar-refractivity contribution in [3.8, 4) is 0 Å². The maximum atomic E-state index is 11.7. The number of halogens is 1. The van der Waals surface area contributed by atoms with Crippen molar-refractivity contribution in [2.45, 2.75) is 39.3 Å². The van der Waals surface area contributed by atoms with E-state index in [1.54, 1.807) is 0 Å². The molecule has 0 aliphatic heterocycles. The third kappa shape index (κ3) is 4.85. The lowest BCUT2D eigenvalue weighted by Crippen LogP contribution is -2.18. The minimum Gasteiger partial charge on any atom is -0.465 e. The zero-order valence-corrected chi connectivity index (χ0v) is 14.3. The Bertz CT molecular complexity index is 647. The number of carbonyl (C=O) groups is 1. The minimum absolute atomic E-state index is 0. The Labute approximate surface area is 143 Å². The van der Waals surface area contributed by atoms with Crippen molar-refractivity contribution in [2.75, 3.05) is 5.32 Å². The van der Waals surface area contributed by atoms with Gasteiger partial charge in [0, 0.05) is 17.6 Å². The number of hydrogen-bond acceptors (Lipinski definition) is 3. The molecule has 124 valence electrons. The van der Waals surface area contributed by atoms with Crippen LogP contribution in [0.4, 0.5) is 5.69 Å². The average Bonchev–Trinajstić information content (AvgIpc) is 3.29. The average molecular weight is 335 g/mol. The second kappa shape index (κ2) is 7.66. The highest BCUT2D eigenvalue weighted by Gasteiger charge is 2.29. The van der Waals surface area contributed by atoms with Gasteiger partial charge in [-0.1, -0.05) is 12.1 Å². The summed E-state index contributed by atoms with van der Waals surface area (Å²) in [7, 11) is 0. The van der Waals surface area contributed by atoms with E-state index in [4.69, 9.17) is 4.42 Å². The molecule has 1 fully saturated rings. The fourth-order valence-electron chi connectivity index (χ4n) is 2.40. The summed E-state index contributed by atoms with van der Waals surface area (Å²) in [6, 6.07) is 12.2. The predicted molar refractivity (Wildman–Crippen MR) is 93.7 cm³/mol. The SMILES string of the molecule is Cc1ccc(CNC(C)c2ccc(NC(=O)C3CC3)cc2)o1.Cl. The van der Waals surface area contributed by atoms with Crippen molar-refractivity contribution < 1.29 is 9.21 Å². The Kier molecular flexibility index (Phi) is 5.85. The van der Waals surface area contributed by atoms with E-state index >= 15 is 0 Å². The van der Waals surface area contributed by atoms with Gasteiger partial charge in [0.15, 0.2) is 0 Å². The van der Waals surface area contributed by atoms with E-state index in [0.717, 1.165) is 30.0 Å². The van der Waals surface area contributed by atoms with Crippen LogP contribution in [-0.2, 0) is 11.3 Å². The highest BCUT2D eigenvalue weighted by atomic mass is 35.5. The number of aryl methyl sites for hydroxylation is 1. The summed E-state index contributed by atoms with van der Waals surface area (Å²) in [5, 5.41) is 6.39. The first-order chi connectivity index (χ1) is 10.6. The molecule has 23 heavy (non-hydrogen) atoms. The van der Waals surface area contributed by atoms with Crippen LogP contribution in [0.5, 0.6) is 0 Å². The van der Waals surface area contributed by atoms with Gasteiger partial charge >= 0.3 is 0 Å². The van der Waals surface area contributed by atoms with E-state index in [1.807, 2.05) is 43.3 Å². The minimum atomic E-state index is 0. The summed E-state index contributed by atoms with van der Waals surface area (Å²) >= 11 is 0. The van der Waals surface area contributed by atoms with Gasteiger partial charge in [-0.05, 0) is 56.5 Å². The van der Waals surface area contributed by atoms with Crippen molar-refractivity contribution in [2.24, 2.45) is 5.92 Å². The molecule has 2 aromatic rings. The largest absolute Gasteiger partial charge is 0.465 e. The molecule has 1 aliphatic rings. The molecule has 0 bridgehead atoms. The van der Waals surface area contributed by atoms with Gasteiger partial charge in [-0.3, -0.25) is 4.79 Å². The molecular formula is C18H23ClN2O2. The molecule has 2 N–H and O–H groups in total. The van der Waals surface area contributed by atoms with Gasteiger partial charge in [-0.2, -0.15) is 0 Å². The first-order valence-corrected chi connectivity index (χ1v) is 7.81. The number of hydrogen-bond donors (Lipinski definition) is 2. The summed E-state index contributed by atoms with van der Waals surface area (Å²) in [4.78, 5) is 11.7. The van der Waals surface area contributed by atoms with E-state index in [2.05, 4.69) is 17.6 Å². The lowest BCUT2D eigenvalue weighted by Gasteiger charge is -2.14. The summed E-state index contributed by atoms with van der Waals surface area (Å²) in [5.74, 6) is 2.25. The molecule has 1 saturated carbocycles. The standard InChI is InChI=1S/C18H22N2O2.ClH/c1-12-3-10-17(22-12)11-19-13(2)14-6-8-16(9-7-14)20-18(21)15-4-5-15;/h3,6-10,13,15,19H,4-5,11H2,1-2H3,(H,20,21);1H. The fraction of sp³-hybridized carbons (Fsp3) is 0.389. The third-order valence-corrected chi connectivity index (χ3v) is 4.00. The molecule has 1 aromatic heterocycles. The molecular weight excluding hydrogens is 312 g/mol. The molecule has 4 nitrogen and oxygen atoms in total. The maximum absolute atomic E-state index is 11.7. The van der Waals surface area contributed by atoms with E-state index in [1.165, 1.54) is 5.56 Å². The number of amides is 1. The Morgan fingerprint density at radius 2 is 1.91 bits per heavy atom. The van der Waals surface area contributed by atoms with Gasteiger partial charge < -0.3 is 15.1 Å². The molecule has 5 heteroatoms. The highest BCUT2D eigenvalue weighted by molar-refractivity contribution is 5.94. The molecule has 1 aromatic carbocycles. The second-order valence-corrected chi connectivity index (χ2v) is 6.00. The smallest absolute Gasteiger partial charge is 0.227 e. The molecule has 1 aliphatic carbocycles.